The Morgan fingerprint density at radius 3 is 2.79 bits per heavy atom. The molecule has 0 radical (unpaired) electrons. The van der Waals surface area contributed by atoms with E-state index in [-0.39, 0.29) is 5.54 Å². The summed E-state index contributed by atoms with van der Waals surface area (Å²) in [5.74, 6) is 3.86. The molecule has 1 unspecified atom stereocenters. The average molecular weight is 277 g/mol. The van der Waals surface area contributed by atoms with Crippen LogP contribution in [-0.4, -0.2) is 36.7 Å². The summed E-state index contributed by atoms with van der Waals surface area (Å²) in [5, 5.41) is 0. The molecule has 102 valence electrons. The van der Waals surface area contributed by atoms with Gasteiger partial charge in [-0.1, -0.05) is 0 Å². The zero-order valence-corrected chi connectivity index (χ0v) is 11.9. The number of benzene rings is 1. The second-order valence-corrected chi connectivity index (χ2v) is 6.19. The first-order valence-corrected chi connectivity index (χ1v) is 7.73. The van der Waals surface area contributed by atoms with Crippen molar-refractivity contribution in [1.29, 1.82) is 0 Å². The predicted octanol–water partition coefficient (Wildman–Crippen LogP) is 2.10. The summed E-state index contributed by atoms with van der Waals surface area (Å²) in [6, 6.07) is 8.08. The highest BCUT2D eigenvalue weighted by molar-refractivity contribution is 7.99. The van der Waals surface area contributed by atoms with Crippen LogP contribution in [-0.2, 0) is 0 Å². The lowest BCUT2D eigenvalue weighted by Crippen LogP contribution is -2.55. The fourth-order valence-corrected chi connectivity index (χ4v) is 4.13. The van der Waals surface area contributed by atoms with Crippen molar-refractivity contribution in [3.05, 3.63) is 24.3 Å². The molecule has 19 heavy (non-hydrogen) atoms. The van der Waals surface area contributed by atoms with Gasteiger partial charge in [-0.2, -0.15) is 11.8 Å². The number of aliphatic imine (C=N–C) groups is 1. The number of hydrogen-bond donors (Lipinski definition) is 1. The zero-order chi connectivity index (χ0) is 13.3. The molecule has 3 rings (SSSR count). The number of thioether (sulfide) groups is 1. The third kappa shape index (κ3) is 2.16. The Hall–Kier alpha value is -1.36. The Balaban J connectivity index is 1.92. The van der Waals surface area contributed by atoms with E-state index in [2.05, 4.69) is 22.0 Å². The fourth-order valence-electron chi connectivity index (χ4n) is 2.89. The summed E-state index contributed by atoms with van der Waals surface area (Å²) in [7, 11) is 1.68. The first-order chi connectivity index (χ1) is 9.25. The molecule has 2 aliphatic rings. The molecule has 0 bridgehead atoms. The van der Waals surface area contributed by atoms with Crippen LogP contribution in [0.2, 0.25) is 0 Å². The lowest BCUT2D eigenvalue weighted by atomic mass is 9.93. The topological polar surface area (TPSA) is 50.9 Å². The fraction of sp³-hybridized carbons (Fsp3) is 0.500. The summed E-state index contributed by atoms with van der Waals surface area (Å²) in [4.78, 5) is 6.71. The highest BCUT2D eigenvalue weighted by atomic mass is 32.2. The van der Waals surface area contributed by atoms with Crippen LogP contribution in [0.4, 0.5) is 5.69 Å². The number of nitrogens with two attached hydrogens (primary N) is 1. The normalized spacial score (nSPS) is 26.6. The standard InChI is InChI=1S/C14H19N3OS/c1-18-12-5-3-11(4-6-12)17-13(15)16-9-14(17)7-2-8-19-10-14/h3-6H,2,7-10H2,1H3,(H2,15,16). The Morgan fingerprint density at radius 2 is 2.16 bits per heavy atom. The van der Waals surface area contributed by atoms with Crippen LogP contribution in [0.15, 0.2) is 29.3 Å². The highest BCUT2D eigenvalue weighted by Crippen LogP contribution is 2.38. The molecule has 2 N–H and O–H groups in total. The van der Waals surface area contributed by atoms with E-state index in [9.17, 15) is 0 Å². The van der Waals surface area contributed by atoms with Crippen molar-refractivity contribution in [1.82, 2.24) is 0 Å². The van der Waals surface area contributed by atoms with Gasteiger partial charge in [-0.25, -0.2) is 0 Å². The first kappa shape index (κ1) is 12.7. The zero-order valence-electron chi connectivity index (χ0n) is 11.1. The van der Waals surface area contributed by atoms with Gasteiger partial charge < -0.3 is 15.4 Å². The molecule has 2 aliphatic heterocycles. The van der Waals surface area contributed by atoms with E-state index in [0.29, 0.717) is 5.96 Å². The maximum atomic E-state index is 6.12. The molecule has 0 aromatic heterocycles. The van der Waals surface area contributed by atoms with Gasteiger partial charge in [0, 0.05) is 11.4 Å². The second-order valence-electron chi connectivity index (χ2n) is 5.09. The Kier molecular flexibility index (Phi) is 3.31. The molecule has 2 heterocycles. The van der Waals surface area contributed by atoms with Gasteiger partial charge in [0.15, 0.2) is 5.96 Å². The van der Waals surface area contributed by atoms with Crippen LogP contribution < -0.4 is 15.4 Å². The van der Waals surface area contributed by atoms with E-state index in [0.717, 1.165) is 30.2 Å². The maximum absolute atomic E-state index is 6.12. The van der Waals surface area contributed by atoms with Crippen molar-refractivity contribution in [2.24, 2.45) is 10.7 Å². The van der Waals surface area contributed by atoms with Gasteiger partial charge >= 0.3 is 0 Å². The SMILES string of the molecule is COc1ccc(N2C(N)=NCC23CCCSC3)cc1. The molecule has 4 nitrogen and oxygen atoms in total. The van der Waals surface area contributed by atoms with E-state index in [1.165, 1.54) is 12.2 Å². The number of hydrogen-bond acceptors (Lipinski definition) is 5. The first-order valence-electron chi connectivity index (χ1n) is 6.57. The number of methoxy groups -OCH3 is 1. The molecule has 5 heteroatoms. The molecule has 1 atom stereocenters. The Morgan fingerprint density at radius 1 is 1.37 bits per heavy atom. The molecule has 1 fully saturated rings. The van der Waals surface area contributed by atoms with Gasteiger partial charge in [-0.3, -0.25) is 4.99 Å². The summed E-state index contributed by atoms with van der Waals surface area (Å²) in [6.07, 6.45) is 2.40. The molecule has 1 aromatic rings. The third-order valence-electron chi connectivity index (χ3n) is 3.87. The smallest absolute Gasteiger partial charge is 0.196 e. The number of nitrogens with zero attached hydrogens (tertiary/aromatic N) is 2. The van der Waals surface area contributed by atoms with Gasteiger partial charge in [0.1, 0.15) is 5.75 Å². The Labute approximate surface area is 118 Å². The van der Waals surface area contributed by atoms with Gasteiger partial charge in [-0.15, -0.1) is 0 Å². The monoisotopic (exact) mass is 277 g/mol. The van der Waals surface area contributed by atoms with Crippen LogP contribution >= 0.6 is 11.8 Å². The van der Waals surface area contributed by atoms with Crippen LogP contribution in [0.5, 0.6) is 5.75 Å². The third-order valence-corrected chi connectivity index (χ3v) is 5.19. The molecule has 0 aliphatic carbocycles. The number of guanidine groups is 1. The number of ether oxygens (including phenoxy) is 1. The van der Waals surface area contributed by atoms with Crippen molar-refractivity contribution in [2.45, 2.75) is 18.4 Å². The molecule has 1 saturated heterocycles. The molecule has 0 saturated carbocycles. The van der Waals surface area contributed by atoms with E-state index in [1.54, 1.807) is 7.11 Å². The molecular weight excluding hydrogens is 258 g/mol. The van der Waals surface area contributed by atoms with Crippen LogP contribution in [0, 0.1) is 0 Å². The summed E-state index contributed by atoms with van der Waals surface area (Å²) < 4.78 is 5.21. The van der Waals surface area contributed by atoms with E-state index in [1.807, 2.05) is 23.9 Å². The lowest BCUT2D eigenvalue weighted by molar-refractivity contribution is 0.414. The van der Waals surface area contributed by atoms with Crippen molar-refractivity contribution in [3.8, 4) is 5.75 Å². The van der Waals surface area contributed by atoms with Crippen LogP contribution in [0.3, 0.4) is 0 Å². The molecular formula is C14H19N3OS. The molecule has 0 amide bonds. The van der Waals surface area contributed by atoms with Gasteiger partial charge in [0.25, 0.3) is 0 Å². The van der Waals surface area contributed by atoms with Crippen molar-refractivity contribution < 1.29 is 4.74 Å². The maximum Gasteiger partial charge on any atom is 0.196 e. The van der Waals surface area contributed by atoms with E-state index >= 15 is 0 Å². The van der Waals surface area contributed by atoms with E-state index < -0.39 is 0 Å². The van der Waals surface area contributed by atoms with Crippen LogP contribution in [0.25, 0.3) is 0 Å². The quantitative estimate of drug-likeness (QED) is 0.899. The average Bonchev–Trinajstić information content (AvgIpc) is 2.77. The number of anilines is 1. The number of rotatable bonds is 2. The minimum Gasteiger partial charge on any atom is -0.497 e. The minimum absolute atomic E-state index is 0.0849. The van der Waals surface area contributed by atoms with E-state index in [4.69, 9.17) is 10.5 Å². The van der Waals surface area contributed by atoms with Crippen molar-refractivity contribution >= 4 is 23.4 Å². The molecule has 1 spiro atoms. The summed E-state index contributed by atoms with van der Waals surface area (Å²) in [5.41, 5.74) is 7.32. The lowest BCUT2D eigenvalue weighted by Gasteiger charge is -2.41. The summed E-state index contributed by atoms with van der Waals surface area (Å²) >= 11 is 2.00. The predicted molar refractivity (Wildman–Crippen MR) is 81.3 cm³/mol. The van der Waals surface area contributed by atoms with Crippen molar-refractivity contribution in [3.63, 3.8) is 0 Å². The highest BCUT2D eigenvalue weighted by Gasteiger charge is 2.44. The van der Waals surface area contributed by atoms with Crippen molar-refractivity contribution in [2.75, 3.05) is 30.1 Å². The van der Waals surface area contributed by atoms with Gasteiger partial charge in [0.2, 0.25) is 0 Å². The largest absolute Gasteiger partial charge is 0.497 e. The van der Waals surface area contributed by atoms with Gasteiger partial charge in [0.05, 0.1) is 19.2 Å². The molecule has 1 aromatic carbocycles. The minimum atomic E-state index is 0.0849. The van der Waals surface area contributed by atoms with Gasteiger partial charge in [-0.05, 0) is 42.9 Å². The van der Waals surface area contributed by atoms with Crippen LogP contribution in [0.1, 0.15) is 12.8 Å². The summed E-state index contributed by atoms with van der Waals surface area (Å²) in [6.45, 7) is 0.817. The Bertz CT molecular complexity index is 480. The second kappa shape index (κ2) is 4.96.